The summed E-state index contributed by atoms with van der Waals surface area (Å²) in [6.45, 7) is 5.46. The number of nitrogens with zero attached hydrogens (tertiary/aromatic N) is 4. The Kier molecular flexibility index (Phi) is 7.74. The maximum Gasteiger partial charge on any atom is 0.194 e. The number of pyridine rings is 1. The van der Waals surface area contributed by atoms with Gasteiger partial charge in [0.25, 0.3) is 0 Å². The number of nitrogens with one attached hydrogen (secondary N) is 1. The lowest BCUT2D eigenvalue weighted by molar-refractivity contribution is 0.470. The number of aromatic nitrogens is 2. The van der Waals surface area contributed by atoms with Gasteiger partial charge in [-0.15, -0.1) is 35.3 Å². The van der Waals surface area contributed by atoms with E-state index in [0.717, 1.165) is 34.5 Å². The third-order valence-corrected chi connectivity index (χ3v) is 3.88. The van der Waals surface area contributed by atoms with Gasteiger partial charge in [0.05, 0.1) is 17.2 Å². The van der Waals surface area contributed by atoms with Crippen LogP contribution in [0.25, 0.3) is 0 Å². The molecule has 5 nitrogen and oxygen atoms in total. The molecule has 0 saturated carbocycles. The minimum atomic E-state index is 0. The minimum Gasteiger partial charge on any atom is -0.352 e. The highest BCUT2D eigenvalue weighted by molar-refractivity contribution is 14.0. The molecule has 2 aromatic heterocycles. The molecule has 7 heteroatoms. The first-order valence-electron chi connectivity index (χ1n) is 6.83. The molecule has 0 atom stereocenters. The zero-order valence-electron chi connectivity index (χ0n) is 13.3. The smallest absolute Gasteiger partial charge is 0.194 e. The molecular formula is C15H22IN5S. The van der Waals surface area contributed by atoms with Crippen molar-refractivity contribution in [2.24, 2.45) is 4.99 Å². The first kappa shape index (κ1) is 18.8. The highest BCUT2D eigenvalue weighted by Crippen LogP contribution is 2.09. The van der Waals surface area contributed by atoms with Crippen LogP contribution in [0, 0.1) is 13.8 Å². The molecule has 22 heavy (non-hydrogen) atoms. The molecule has 0 spiro atoms. The van der Waals surface area contributed by atoms with Crippen molar-refractivity contribution in [3.63, 3.8) is 0 Å². The van der Waals surface area contributed by atoms with Crippen molar-refractivity contribution in [2.75, 3.05) is 14.1 Å². The first-order chi connectivity index (χ1) is 10.1. The van der Waals surface area contributed by atoms with Crippen molar-refractivity contribution in [3.8, 4) is 0 Å². The van der Waals surface area contributed by atoms with Crippen LogP contribution in [-0.4, -0.2) is 34.9 Å². The molecule has 0 radical (unpaired) electrons. The zero-order valence-corrected chi connectivity index (χ0v) is 16.5. The van der Waals surface area contributed by atoms with Gasteiger partial charge in [0.2, 0.25) is 0 Å². The van der Waals surface area contributed by atoms with E-state index < -0.39 is 0 Å². The van der Waals surface area contributed by atoms with E-state index in [1.807, 2.05) is 33.2 Å². The average molecular weight is 431 g/mol. The molecule has 0 aromatic carbocycles. The van der Waals surface area contributed by atoms with Crippen LogP contribution in [0.5, 0.6) is 0 Å². The van der Waals surface area contributed by atoms with Gasteiger partial charge in [-0.25, -0.2) is 4.98 Å². The Labute approximate surface area is 152 Å². The predicted octanol–water partition coefficient (Wildman–Crippen LogP) is 2.98. The number of rotatable bonds is 4. The minimum absolute atomic E-state index is 0. The molecule has 0 aliphatic rings. The fraction of sp³-hybridized carbons (Fsp3) is 0.400. The number of aliphatic imine (C=N–C) groups is 1. The van der Waals surface area contributed by atoms with E-state index in [0.29, 0.717) is 6.54 Å². The maximum absolute atomic E-state index is 4.48. The molecule has 2 rings (SSSR count). The van der Waals surface area contributed by atoms with E-state index in [9.17, 15) is 0 Å². The van der Waals surface area contributed by atoms with Crippen LogP contribution in [0.1, 0.15) is 22.0 Å². The van der Waals surface area contributed by atoms with Crippen molar-refractivity contribution in [1.82, 2.24) is 20.2 Å². The van der Waals surface area contributed by atoms with Crippen molar-refractivity contribution >= 4 is 41.3 Å². The van der Waals surface area contributed by atoms with Crippen LogP contribution in [-0.2, 0) is 13.1 Å². The second-order valence-electron chi connectivity index (χ2n) is 4.92. The van der Waals surface area contributed by atoms with Crippen LogP contribution >= 0.6 is 35.3 Å². The molecule has 120 valence electrons. The number of hydrogen-bond donors (Lipinski definition) is 1. The summed E-state index contributed by atoms with van der Waals surface area (Å²) in [5, 5.41) is 6.52. The van der Waals surface area contributed by atoms with Gasteiger partial charge in [-0.3, -0.25) is 9.98 Å². The summed E-state index contributed by atoms with van der Waals surface area (Å²) in [4.78, 5) is 15.2. The zero-order chi connectivity index (χ0) is 15.2. The summed E-state index contributed by atoms with van der Waals surface area (Å²) in [5.41, 5.74) is 3.23. The second-order valence-corrected chi connectivity index (χ2v) is 5.98. The Morgan fingerprint density at radius 3 is 2.68 bits per heavy atom. The van der Waals surface area contributed by atoms with Gasteiger partial charge in [-0.1, -0.05) is 6.07 Å². The molecule has 0 saturated heterocycles. The molecule has 0 aliphatic heterocycles. The number of thiazole rings is 1. The Bertz CT molecular complexity index is 609. The van der Waals surface area contributed by atoms with E-state index >= 15 is 0 Å². The number of halogens is 1. The summed E-state index contributed by atoms with van der Waals surface area (Å²) >= 11 is 1.67. The lowest BCUT2D eigenvalue weighted by atomic mass is 10.2. The highest BCUT2D eigenvalue weighted by atomic mass is 127. The molecule has 2 aromatic rings. The molecule has 2 heterocycles. The first-order valence-corrected chi connectivity index (χ1v) is 7.71. The Balaban J connectivity index is 0.00000242. The van der Waals surface area contributed by atoms with Crippen LogP contribution in [0.3, 0.4) is 0 Å². The molecule has 0 unspecified atom stereocenters. The summed E-state index contributed by atoms with van der Waals surface area (Å²) in [6, 6.07) is 4.09. The normalized spacial score (nSPS) is 11.0. The van der Waals surface area contributed by atoms with E-state index in [1.54, 1.807) is 18.4 Å². The fourth-order valence-electron chi connectivity index (χ4n) is 1.97. The van der Waals surface area contributed by atoms with E-state index in [2.05, 4.69) is 36.6 Å². The van der Waals surface area contributed by atoms with E-state index in [4.69, 9.17) is 0 Å². The lowest BCUT2D eigenvalue weighted by Crippen LogP contribution is -2.38. The fourth-order valence-corrected chi connectivity index (χ4v) is 2.57. The van der Waals surface area contributed by atoms with Gasteiger partial charge in [0, 0.05) is 37.9 Å². The van der Waals surface area contributed by atoms with Crippen LogP contribution in [0.4, 0.5) is 0 Å². The topological polar surface area (TPSA) is 53.4 Å². The van der Waals surface area contributed by atoms with Crippen molar-refractivity contribution < 1.29 is 0 Å². The molecule has 0 amide bonds. The summed E-state index contributed by atoms with van der Waals surface area (Å²) < 4.78 is 0. The monoisotopic (exact) mass is 431 g/mol. The third kappa shape index (κ3) is 5.53. The predicted molar refractivity (Wildman–Crippen MR) is 103 cm³/mol. The van der Waals surface area contributed by atoms with Gasteiger partial charge in [0.1, 0.15) is 0 Å². The van der Waals surface area contributed by atoms with Gasteiger partial charge in [-0.05, 0) is 25.5 Å². The van der Waals surface area contributed by atoms with Crippen molar-refractivity contribution in [2.45, 2.75) is 26.9 Å². The van der Waals surface area contributed by atoms with Gasteiger partial charge in [-0.2, -0.15) is 0 Å². The lowest BCUT2D eigenvalue weighted by Gasteiger charge is -2.21. The van der Waals surface area contributed by atoms with Crippen molar-refractivity contribution in [3.05, 3.63) is 45.7 Å². The van der Waals surface area contributed by atoms with Gasteiger partial charge < -0.3 is 10.2 Å². The molecular weight excluding hydrogens is 409 g/mol. The Hall–Kier alpha value is -1.22. The summed E-state index contributed by atoms with van der Waals surface area (Å²) in [5.74, 6) is 0.848. The second kappa shape index (κ2) is 9.04. The van der Waals surface area contributed by atoms with E-state index in [-0.39, 0.29) is 24.0 Å². The number of guanidine groups is 1. The number of hydrogen-bond acceptors (Lipinski definition) is 4. The van der Waals surface area contributed by atoms with Crippen LogP contribution in [0.15, 0.2) is 28.7 Å². The molecule has 1 N–H and O–H groups in total. The van der Waals surface area contributed by atoms with Crippen LogP contribution in [0.2, 0.25) is 0 Å². The summed E-state index contributed by atoms with van der Waals surface area (Å²) in [7, 11) is 3.80. The third-order valence-electron chi connectivity index (χ3n) is 3.06. The molecule has 0 aliphatic carbocycles. The molecule has 0 fully saturated rings. The summed E-state index contributed by atoms with van der Waals surface area (Å²) in [6.07, 6.45) is 1.89. The largest absolute Gasteiger partial charge is 0.352 e. The Morgan fingerprint density at radius 1 is 1.36 bits per heavy atom. The van der Waals surface area contributed by atoms with E-state index in [1.165, 1.54) is 0 Å². The van der Waals surface area contributed by atoms with Gasteiger partial charge >= 0.3 is 0 Å². The Morgan fingerprint density at radius 2 is 2.14 bits per heavy atom. The number of aryl methyl sites for hydroxylation is 2. The SMILES string of the molecule is CN=C(NCc1ccc(C)nc1)N(C)Cc1csc(C)n1.I. The maximum atomic E-state index is 4.48. The van der Waals surface area contributed by atoms with Crippen molar-refractivity contribution in [1.29, 1.82) is 0 Å². The highest BCUT2D eigenvalue weighted by Gasteiger charge is 2.08. The quantitative estimate of drug-likeness (QED) is 0.460. The van der Waals surface area contributed by atoms with Gasteiger partial charge in [0.15, 0.2) is 5.96 Å². The van der Waals surface area contributed by atoms with Crippen LogP contribution < -0.4 is 5.32 Å². The average Bonchev–Trinajstić information content (AvgIpc) is 2.87. The molecule has 0 bridgehead atoms. The standard InChI is InChI=1S/C15H21N5S.HI/c1-11-5-6-13(7-17-11)8-18-15(16-3)20(4)9-14-10-21-12(2)19-14;/h5-7,10H,8-9H2,1-4H3,(H,16,18);1H.